The summed E-state index contributed by atoms with van der Waals surface area (Å²) in [6.07, 6.45) is 2.73. The van der Waals surface area contributed by atoms with E-state index in [1.807, 2.05) is 23.7 Å². The van der Waals surface area contributed by atoms with E-state index >= 15 is 0 Å². The smallest absolute Gasteiger partial charge is 0.125 e. The van der Waals surface area contributed by atoms with Crippen molar-refractivity contribution in [2.75, 3.05) is 17.6 Å². The van der Waals surface area contributed by atoms with E-state index in [-0.39, 0.29) is 0 Å². The molecule has 0 spiro atoms. The summed E-state index contributed by atoms with van der Waals surface area (Å²) in [5.74, 6) is 0.540. The van der Waals surface area contributed by atoms with Crippen molar-refractivity contribution in [1.82, 2.24) is 14.8 Å². The zero-order chi connectivity index (χ0) is 13.0. The molecule has 2 aromatic heterocycles. The lowest BCUT2D eigenvalue weighted by molar-refractivity contribution is 0.574. The molecule has 2 heterocycles. The van der Waals surface area contributed by atoms with Crippen LogP contribution in [-0.2, 0) is 6.54 Å². The van der Waals surface area contributed by atoms with Crippen LogP contribution in [-0.4, -0.2) is 21.3 Å². The van der Waals surface area contributed by atoms with Gasteiger partial charge in [-0.1, -0.05) is 0 Å². The molecule has 0 amide bonds. The summed E-state index contributed by atoms with van der Waals surface area (Å²) in [6.45, 7) is 5.91. The Hall–Kier alpha value is -2.04. The summed E-state index contributed by atoms with van der Waals surface area (Å²) in [5, 5.41) is 7.75. The van der Waals surface area contributed by atoms with Crippen molar-refractivity contribution in [3.63, 3.8) is 0 Å². The molecule has 2 rings (SSSR count). The molecule has 3 N–H and O–H groups in total. The van der Waals surface area contributed by atoms with Gasteiger partial charge in [-0.05, 0) is 32.4 Å². The van der Waals surface area contributed by atoms with E-state index < -0.39 is 0 Å². The largest absolute Gasteiger partial charge is 0.385 e. The van der Waals surface area contributed by atoms with Crippen LogP contribution >= 0.6 is 0 Å². The Labute approximate surface area is 107 Å². The van der Waals surface area contributed by atoms with Crippen molar-refractivity contribution in [3.05, 3.63) is 35.8 Å². The first kappa shape index (κ1) is 12.4. The van der Waals surface area contributed by atoms with Crippen LogP contribution in [0.15, 0.2) is 24.4 Å². The SMILES string of the molecule is Cc1cc(C)n(CCCNc2ccnc(N)c2)n1. The summed E-state index contributed by atoms with van der Waals surface area (Å²) in [7, 11) is 0. The minimum atomic E-state index is 0.540. The second kappa shape index (κ2) is 5.53. The number of aryl methyl sites for hydroxylation is 3. The fourth-order valence-electron chi connectivity index (χ4n) is 1.92. The topological polar surface area (TPSA) is 68.8 Å². The van der Waals surface area contributed by atoms with Gasteiger partial charge in [-0.2, -0.15) is 5.10 Å². The molecule has 5 nitrogen and oxygen atoms in total. The van der Waals surface area contributed by atoms with E-state index in [1.165, 1.54) is 5.69 Å². The molecule has 0 aromatic carbocycles. The highest BCUT2D eigenvalue weighted by molar-refractivity contribution is 5.49. The number of rotatable bonds is 5. The molecule has 0 saturated carbocycles. The Morgan fingerprint density at radius 2 is 2.17 bits per heavy atom. The third-order valence-corrected chi connectivity index (χ3v) is 2.76. The van der Waals surface area contributed by atoms with Gasteiger partial charge in [0.1, 0.15) is 5.82 Å². The zero-order valence-electron chi connectivity index (χ0n) is 10.8. The standard InChI is InChI=1S/C13H19N5/c1-10-8-11(2)18(17-10)7-3-5-15-12-4-6-16-13(14)9-12/h4,6,8-9H,3,5,7H2,1-2H3,(H3,14,15,16). The van der Waals surface area contributed by atoms with E-state index in [2.05, 4.69) is 28.4 Å². The number of nitrogens with two attached hydrogens (primary N) is 1. The van der Waals surface area contributed by atoms with Gasteiger partial charge in [0.05, 0.1) is 5.69 Å². The number of hydrogen-bond acceptors (Lipinski definition) is 4. The summed E-state index contributed by atoms with van der Waals surface area (Å²) in [4.78, 5) is 3.95. The monoisotopic (exact) mass is 245 g/mol. The summed E-state index contributed by atoms with van der Waals surface area (Å²) >= 11 is 0. The molecular weight excluding hydrogens is 226 g/mol. The Kier molecular flexibility index (Phi) is 3.82. The van der Waals surface area contributed by atoms with E-state index in [1.54, 1.807) is 6.20 Å². The Balaban J connectivity index is 1.78. The Morgan fingerprint density at radius 1 is 1.33 bits per heavy atom. The number of aromatic nitrogens is 3. The molecule has 2 aromatic rings. The van der Waals surface area contributed by atoms with Crippen molar-refractivity contribution in [2.45, 2.75) is 26.8 Å². The first-order valence-electron chi connectivity index (χ1n) is 6.11. The second-order valence-electron chi connectivity index (χ2n) is 4.40. The maximum absolute atomic E-state index is 5.61. The van der Waals surface area contributed by atoms with Crippen LogP contribution in [0.2, 0.25) is 0 Å². The molecule has 0 radical (unpaired) electrons. The minimum absolute atomic E-state index is 0.540. The Bertz CT molecular complexity index is 518. The molecule has 5 heteroatoms. The van der Waals surface area contributed by atoms with E-state index in [0.29, 0.717) is 5.82 Å². The molecule has 0 bridgehead atoms. The normalized spacial score (nSPS) is 10.6. The van der Waals surface area contributed by atoms with E-state index in [0.717, 1.165) is 30.9 Å². The van der Waals surface area contributed by atoms with Gasteiger partial charge in [-0.3, -0.25) is 4.68 Å². The van der Waals surface area contributed by atoms with Crippen molar-refractivity contribution >= 4 is 11.5 Å². The molecule has 96 valence electrons. The zero-order valence-corrected chi connectivity index (χ0v) is 10.8. The quantitative estimate of drug-likeness (QED) is 0.790. The number of nitrogens with one attached hydrogen (secondary N) is 1. The number of pyridine rings is 1. The van der Waals surface area contributed by atoms with E-state index in [4.69, 9.17) is 5.73 Å². The van der Waals surface area contributed by atoms with Gasteiger partial charge in [-0.25, -0.2) is 4.98 Å². The maximum Gasteiger partial charge on any atom is 0.125 e. The first-order chi connectivity index (χ1) is 8.65. The average molecular weight is 245 g/mol. The van der Waals surface area contributed by atoms with Gasteiger partial charge >= 0.3 is 0 Å². The first-order valence-corrected chi connectivity index (χ1v) is 6.11. The lowest BCUT2D eigenvalue weighted by Crippen LogP contribution is -2.09. The van der Waals surface area contributed by atoms with Gasteiger partial charge in [0, 0.05) is 36.7 Å². The third kappa shape index (κ3) is 3.23. The molecular formula is C13H19N5. The van der Waals surface area contributed by atoms with Crippen molar-refractivity contribution in [3.8, 4) is 0 Å². The molecule has 0 aliphatic heterocycles. The highest BCUT2D eigenvalue weighted by Crippen LogP contribution is 2.09. The van der Waals surface area contributed by atoms with Crippen LogP contribution in [0.4, 0.5) is 11.5 Å². The molecule has 0 aliphatic carbocycles. The molecule has 0 saturated heterocycles. The van der Waals surface area contributed by atoms with E-state index in [9.17, 15) is 0 Å². The fourth-order valence-corrected chi connectivity index (χ4v) is 1.92. The van der Waals surface area contributed by atoms with Crippen LogP contribution in [0.25, 0.3) is 0 Å². The third-order valence-electron chi connectivity index (χ3n) is 2.76. The average Bonchev–Trinajstić information content (AvgIpc) is 2.64. The number of hydrogen-bond donors (Lipinski definition) is 2. The second-order valence-corrected chi connectivity index (χ2v) is 4.40. The maximum atomic E-state index is 5.61. The van der Waals surface area contributed by atoms with Crippen LogP contribution in [0.3, 0.4) is 0 Å². The molecule has 0 aliphatic rings. The summed E-state index contributed by atoms with van der Waals surface area (Å²) in [5.41, 5.74) is 8.90. The molecule has 0 unspecified atom stereocenters. The van der Waals surface area contributed by atoms with Crippen LogP contribution < -0.4 is 11.1 Å². The van der Waals surface area contributed by atoms with Gasteiger partial charge in [0.25, 0.3) is 0 Å². The minimum Gasteiger partial charge on any atom is -0.385 e. The van der Waals surface area contributed by atoms with Gasteiger partial charge in [0.2, 0.25) is 0 Å². The lowest BCUT2D eigenvalue weighted by atomic mass is 10.3. The van der Waals surface area contributed by atoms with Gasteiger partial charge in [0.15, 0.2) is 0 Å². The molecule has 0 fully saturated rings. The highest BCUT2D eigenvalue weighted by atomic mass is 15.3. The molecule has 18 heavy (non-hydrogen) atoms. The number of nitrogen functional groups attached to an aromatic ring is 1. The van der Waals surface area contributed by atoms with Crippen LogP contribution in [0, 0.1) is 13.8 Å². The van der Waals surface area contributed by atoms with Crippen molar-refractivity contribution in [2.24, 2.45) is 0 Å². The van der Waals surface area contributed by atoms with Crippen LogP contribution in [0.1, 0.15) is 17.8 Å². The molecule has 0 atom stereocenters. The summed E-state index contributed by atoms with van der Waals surface area (Å²) in [6, 6.07) is 5.85. The fraction of sp³-hybridized carbons (Fsp3) is 0.385. The van der Waals surface area contributed by atoms with Crippen molar-refractivity contribution in [1.29, 1.82) is 0 Å². The number of anilines is 2. The Morgan fingerprint density at radius 3 is 2.83 bits per heavy atom. The van der Waals surface area contributed by atoms with Crippen molar-refractivity contribution < 1.29 is 0 Å². The van der Waals surface area contributed by atoms with Gasteiger partial charge in [-0.15, -0.1) is 0 Å². The van der Waals surface area contributed by atoms with Crippen LogP contribution in [0.5, 0.6) is 0 Å². The van der Waals surface area contributed by atoms with Gasteiger partial charge < -0.3 is 11.1 Å². The highest BCUT2D eigenvalue weighted by Gasteiger charge is 2.00. The predicted octanol–water partition coefficient (Wildman–Crippen LogP) is 1.98. The predicted molar refractivity (Wildman–Crippen MR) is 73.5 cm³/mol. The number of nitrogens with zero attached hydrogens (tertiary/aromatic N) is 3. The summed E-state index contributed by atoms with van der Waals surface area (Å²) < 4.78 is 2.04. The lowest BCUT2D eigenvalue weighted by Gasteiger charge is -2.07.